The summed E-state index contributed by atoms with van der Waals surface area (Å²) in [6.07, 6.45) is 2.30. The SMILES string of the molecule is COCCC(C)Cc1ccccc1. The van der Waals surface area contributed by atoms with E-state index in [4.69, 9.17) is 4.74 Å². The number of benzene rings is 1. The Labute approximate surface area is 80.7 Å². The van der Waals surface area contributed by atoms with Crippen molar-refractivity contribution < 1.29 is 4.74 Å². The standard InChI is InChI=1S/C12H18O/c1-11(8-9-13-2)10-12-6-4-3-5-7-12/h3-7,11H,8-10H2,1-2H3. The molecule has 1 aromatic carbocycles. The molecule has 0 aromatic heterocycles. The van der Waals surface area contributed by atoms with Gasteiger partial charge in [0.2, 0.25) is 0 Å². The van der Waals surface area contributed by atoms with Gasteiger partial charge in [-0.1, -0.05) is 37.3 Å². The van der Waals surface area contributed by atoms with Crippen LogP contribution in [0.1, 0.15) is 18.9 Å². The Bertz CT molecular complexity index is 218. The van der Waals surface area contributed by atoms with Crippen molar-refractivity contribution >= 4 is 0 Å². The zero-order valence-corrected chi connectivity index (χ0v) is 8.49. The number of methoxy groups -OCH3 is 1. The van der Waals surface area contributed by atoms with E-state index in [9.17, 15) is 0 Å². The van der Waals surface area contributed by atoms with Crippen LogP contribution in [-0.4, -0.2) is 13.7 Å². The van der Waals surface area contributed by atoms with E-state index in [0.717, 1.165) is 19.4 Å². The van der Waals surface area contributed by atoms with Gasteiger partial charge in [-0.05, 0) is 24.3 Å². The van der Waals surface area contributed by atoms with Gasteiger partial charge in [0.1, 0.15) is 0 Å². The van der Waals surface area contributed by atoms with Gasteiger partial charge < -0.3 is 4.74 Å². The van der Waals surface area contributed by atoms with E-state index in [1.54, 1.807) is 7.11 Å². The highest BCUT2D eigenvalue weighted by molar-refractivity contribution is 5.14. The van der Waals surface area contributed by atoms with Crippen LogP contribution in [0.15, 0.2) is 30.3 Å². The summed E-state index contributed by atoms with van der Waals surface area (Å²) in [7, 11) is 1.76. The minimum absolute atomic E-state index is 0.711. The minimum Gasteiger partial charge on any atom is -0.385 e. The van der Waals surface area contributed by atoms with Crippen LogP contribution in [0.25, 0.3) is 0 Å². The second-order valence-electron chi connectivity index (χ2n) is 3.58. The smallest absolute Gasteiger partial charge is 0.0464 e. The molecular formula is C12H18O. The predicted molar refractivity (Wildman–Crippen MR) is 55.8 cm³/mol. The van der Waals surface area contributed by atoms with Crippen molar-refractivity contribution in [3.8, 4) is 0 Å². The molecule has 1 nitrogen and oxygen atoms in total. The monoisotopic (exact) mass is 178 g/mol. The second-order valence-corrected chi connectivity index (χ2v) is 3.58. The number of ether oxygens (including phenoxy) is 1. The third kappa shape index (κ3) is 4.09. The molecule has 0 radical (unpaired) electrons. The molecule has 72 valence electrons. The van der Waals surface area contributed by atoms with E-state index in [1.807, 2.05) is 0 Å². The Morgan fingerprint density at radius 3 is 2.54 bits per heavy atom. The van der Waals surface area contributed by atoms with Crippen LogP contribution in [0.3, 0.4) is 0 Å². The lowest BCUT2D eigenvalue weighted by molar-refractivity contribution is 0.180. The van der Waals surface area contributed by atoms with Crippen molar-refractivity contribution in [3.63, 3.8) is 0 Å². The van der Waals surface area contributed by atoms with E-state index in [0.29, 0.717) is 5.92 Å². The second kappa shape index (κ2) is 5.76. The van der Waals surface area contributed by atoms with Gasteiger partial charge in [0, 0.05) is 13.7 Å². The molecule has 1 unspecified atom stereocenters. The van der Waals surface area contributed by atoms with Crippen LogP contribution in [0, 0.1) is 5.92 Å². The average Bonchev–Trinajstić information content (AvgIpc) is 2.16. The van der Waals surface area contributed by atoms with Gasteiger partial charge >= 0.3 is 0 Å². The van der Waals surface area contributed by atoms with Gasteiger partial charge in [-0.3, -0.25) is 0 Å². The van der Waals surface area contributed by atoms with Gasteiger partial charge in [-0.2, -0.15) is 0 Å². The Balaban J connectivity index is 2.32. The number of rotatable bonds is 5. The molecule has 0 aliphatic rings. The van der Waals surface area contributed by atoms with Crippen LogP contribution in [-0.2, 0) is 11.2 Å². The molecule has 13 heavy (non-hydrogen) atoms. The molecule has 0 spiro atoms. The molecule has 0 aliphatic carbocycles. The van der Waals surface area contributed by atoms with Crippen molar-refractivity contribution in [1.29, 1.82) is 0 Å². The Hall–Kier alpha value is -0.820. The van der Waals surface area contributed by atoms with Crippen LogP contribution in [0.5, 0.6) is 0 Å². The fourth-order valence-electron chi connectivity index (χ4n) is 1.44. The Kier molecular flexibility index (Phi) is 4.55. The molecule has 1 heteroatoms. The Morgan fingerprint density at radius 1 is 1.23 bits per heavy atom. The quantitative estimate of drug-likeness (QED) is 0.673. The first-order valence-corrected chi connectivity index (χ1v) is 4.86. The largest absolute Gasteiger partial charge is 0.385 e. The highest BCUT2D eigenvalue weighted by Gasteiger charge is 2.02. The lowest BCUT2D eigenvalue weighted by atomic mass is 9.99. The summed E-state index contributed by atoms with van der Waals surface area (Å²) in [6, 6.07) is 10.6. The topological polar surface area (TPSA) is 9.23 Å². The summed E-state index contributed by atoms with van der Waals surface area (Å²) in [6.45, 7) is 3.14. The molecule has 0 fully saturated rings. The maximum absolute atomic E-state index is 5.05. The van der Waals surface area contributed by atoms with Crippen LogP contribution >= 0.6 is 0 Å². The molecule has 1 rings (SSSR count). The molecular weight excluding hydrogens is 160 g/mol. The zero-order chi connectivity index (χ0) is 9.52. The van der Waals surface area contributed by atoms with Crippen molar-refractivity contribution in [2.75, 3.05) is 13.7 Å². The maximum Gasteiger partial charge on any atom is 0.0464 e. The Morgan fingerprint density at radius 2 is 1.92 bits per heavy atom. The number of hydrogen-bond donors (Lipinski definition) is 0. The maximum atomic E-state index is 5.05. The van der Waals surface area contributed by atoms with E-state index in [2.05, 4.69) is 37.3 Å². The van der Waals surface area contributed by atoms with Gasteiger partial charge in [-0.25, -0.2) is 0 Å². The molecule has 0 saturated heterocycles. The molecule has 0 bridgehead atoms. The summed E-state index contributed by atoms with van der Waals surface area (Å²) in [4.78, 5) is 0. The predicted octanol–water partition coefficient (Wildman–Crippen LogP) is 2.90. The van der Waals surface area contributed by atoms with Crippen LogP contribution < -0.4 is 0 Å². The van der Waals surface area contributed by atoms with E-state index >= 15 is 0 Å². The third-order valence-corrected chi connectivity index (χ3v) is 2.24. The first-order valence-electron chi connectivity index (χ1n) is 4.86. The lowest BCUT2D eigenvalue weighted by Gasteiger charge is -2.10. The van der Waals surface area contributed by atoms with E-state index in [1.165, 1.54) is 5.56 Å². The van der Waals surface area contributed by atoms with Gasteiger partial charge in [0.15, 0.2) is 0 Å². The lowest BCUT2D eigenvalue weighted by Crippen LogP contribution is -2.03. The molecule has 0 amide bonds. The van der Waals surface area contributed by atoms with Gasteiger partial charge in [0.25, 0.3) is 0 Å². The molecule has 1 atom stereocenters. The van der Waals surface area contributed by atoms with Crippen LogP contribution in [0.4, 0.5) is 0 Å². The first-order chi connectivity index (χ1) is 6.33. The van der Waals surface area contributed by atoms with Crippen LogP contribution in [0.2, 0.25) is 0 Å². The molecule has 1 aromatic rings. The van der Waals surface area contributed by atoms with E-state index < -0.39 is 0 Å². The highest BCUT2D eigenvalue weighted by atomic mass is 16.5. The fraction of sp³-hybridized carbons (Fsp3) is 0.500. The minimum atomic E-state index is 0.711. The van der Waals surface area contributed by atoms with Gasteiger partial charge in [-0.15, -0.1) is 0 Å². The summed E-state index contributed by atoms with van der Waals surface area (Å²) < 4.78 is 5.05. The van der Waals surface area contributed by atoms with Gasteiger partial charge in [0.05, 0.1) is 0 Å². The molecule has 0 aliphatic heterocycles. The van der Waals surface area contributed by atoms with Crippen molar-refractivity contribution in [2.45, 2.75) is 19.8 Å². The number of hydrogen-bond acceptors (Lipinski definition) is 1. The molecule has 0 heterocycles. The summed E-state index contributed by atoms with van der Waals surface area (Å²) >= 11 is 0. The normalized spacial score (nSPS) is 12.8. The molecule has 0 N–H and O–H groups in total. The fourth-order valence-corrected chi connectivity index (χ4v) is 1.44. The highest BCUT2D eigenvalue weighted by Crippen LogP contribution is 2.11. The zero-order valence-electron chi connectivity index (χ0n) is 8.49. The summed E-state index contributed by atoms with van der Waals surface area (Å²) in [5.41, 5.74) is 1.42. The third-order valence-electron chi connectivity index (χ3n) is 2.24. The van der Waals surface area contributed by atoms with Crippen molar-refractivity contribution in [2.24, 2.45) is 5.92 Å². The summed E-state index contributed by atoms with van der Waals surface area (Å²) in [5, 5.41) is 0. The summed E-state index contributed by atoms with van der Waals surface area (Å²) in [5.74, 6) is 0.711. The van der Waals surface area contributed by atoms with Crippen molar-refractivity contribution in [3.05, 3.63) is 35.9 Å². The first kappa shape index (κ1) is 10.3. The average molecular weight is 178 g/mol. The molecule has 0 saturated carbocycles. The van der Waals surface area contributed by atoms with E-state index in [-0.39, 0.29) is 0 Å². The van der Waals surface area contributed by atoms with Crippen molar-refractivity contribution in [1.82, 2.24) is 0 Å².